The van der Waals surface area contributed by atoms with Gasteiger partial charge in [-0.25, -0.2) is 0 Å². The van der Waals surface area contributed by atoms with Crippen molar-refractivity contribution in [3.63, 3.8) is 0 Å². The van der Waals surface area contributed by atoms with Crippen molar-refractivity contribution in [2.75, 3.05) is 19.6 Å². The lowest BCUT2D eigenvalue weighted by molar-refractivity contribution is 0.0642. The average Bonchev–Trinajstić information content (AvgIpc) is 3.40. The van der Waals surface area contributed by atoms with E-state index < -0.39 is 0 Å². The van der Waals surface area contributed by atoms with Gasteiger partial charge in [0.1, 0.15) is 17.6 Å². The van der Waals surface area contributed by atoms with Crippen LogP contribution in [0.2, 0.25) is 0 Å². The van der Waals surface area contributed by atoms with Crippen LogP contribution in [0, 0.1) is 11.3 Å². The normalized spacial score (nSPS) is 15.4. The molecule has 3 aromatic carbocycles. The maximum absolute atomic E-state index is 13.9. The van der Waals surface area contributed by atoms with Gasteiger partial charge in [0, 0.05) is 36.8 Å². The van der Waals surface area contributed by atoms with Gasteiger partial charge in [0.05, 0.1) is 10.4 Å². The Labute approximate surface area is 209 Å². The van der Waals surface area contributed by atoms with E-state index in [9.17, 15) is 10.1 Å². The van der Waals surface area contributed by atoms with Crippen LogP contribution in [-0.2, 0) is 6.42 Å². The van der Waals surface area contributed by atoms with Gasteiger partial charge < -0.3 is 15.0 Å². The zero-order chi connectivity index (χ0) is 24.0. The van der Waals surface area contributed by atoms with E-state index in [4.69, 9.17) is 4.74 Å². The summed E-state index contributed by atoms with van der Waals surface area (Å²) in [5.41, 5.74) is 3.37. The minimum Gasteiger partial charge on any atom is -0.455 e. The van der Waals surface area contributed by atoms with Crippen LogP contribution >= 0.6 is 11.3 Å². The maximum Gasteiger partial charge on any atom is 0.264 e. The number of rotatable bonds is 6. The van der Waals surface area contributed by atoms with E-state index in [-0.39, 0.29) is 11.9 Å². The zero-order valence-electron chi connectivity index (χ0n) is 19.2. The van der Waals surface area contributed by atoms with Crippen LogP contribution in [0.5, 0.6) is 11.5 Å². The Morgan fingerprint density at radius 3 is 2.54 bits per heavy atom. The molecular weight excluding hydrogens is 454 g/mol. The number of nitriles is 1. The number of para-hydroxylation sites is 2. The predicted molar refractivity (Wildman–Crippen MR) is 139 cm³/mol. The Morgan fingerprint density at radius 2 is 1.71 bits per heavy atom. The molecule has 1 aliphatic rings. The molecule has 0 saturated carbocycles. The standard InChI is InChI=1S/C29H25N3O2S/c30-19-22-10-4-6-12-26(22)34-27-13-7-5-11-24(27)25-14-17-35-28(25)29(33)32-16-15-31-20-23(32)18-21-8-2-1-3-9-21/h1-14,17,23,31H,15-16,18,20H2. The monoisotopic (exact) mass is 479 g/mol. The summed E-state index contributed by atoms with van der Waals surface area (Å²) in [6.45, 7) is 2.22. The lowest BCUT2D eigenvalue weighted by atomic mass is 10.0. The van der Waals surface area contributed by atoms with Crippen LogP contribution < -0.4 is 10.1 Å². The summed E-state index contributed by atoms with van der Waals surface area (Å²) in [4.78, 5) is 16.6. The van der Waals surface area contributed by atoms with Gasteiger partial charge in [0.2, 0.25) is 0 Å². The number of piperazine rings is 1. The Hall–Kier alpha value is -3.92. The quantitative estimate of drug-likeness (QED) is 0.383. The molecule has 0 spiro atoms. The number of thiophene rings is 1. The highest BCUT2D eigenvalue weighted by molar-refractivity contribution is 7.12. The van der Waals surface area contributed by atoms with E-state index in [0.717, 1.165) is 30.6 Å². The van der Waals surface area contributed by atoms with Gasteiger partial charge in [-0.15, -0.1) is 11.3 Å². The van der Waals surface area contributed by atoms with Gasteiger partial charge in [-0.05, 0) is 41.6 Å². The molecule has 0 radical (unpaired) electrons. The largest absolute Gasteiger partial charge is 0.455 e. The molecule has 4 aromatic rings. The van der Waals surface area contributed by atoms with Gasteiger partial charge in [0.25, 0.3) is 5.91 Å². The first-order chi connectivity index (χ1) is 17.2. The average molecular weight is 480 g/mol. The molecule has 1 amide bonds. The number of amides is 1. The first kappa shape index (κ1) is 22.9. The Balaban J connectivity index is 1.45. The molecule has 1 atom stereocenters. The highest BCUT2D eigenvalue weighted by atomic mass is 32.1. The smallest absolute Gasteiger partial charge is 0.264 e. The van der Waals surface area contributed by atoms with Crippen molar-refractivity contribution in [1.29, 1.82) is 5.26 Å². The van der Waals surface area contributed by atoms with E-state index in [2.05, 4.69) is 23.5 Å². The zero-order valence-corrected chi connectivity index (χ0v) is 20.0. The molecule has 1 saturated heterocycles. The van der Waals surface area contributed by atoms with E-state index in [1.165, 1.54) is 16.9 Å². The number of hydrogen-bond donors (Lipinski definition) is 1. The molecule has 6 heteroatoms. The second kappa shape index (κ2) is 10.6. The van der Waals surface area contributed by atoms with Gasteiger partial charge in [0.15, 0.2) is 0 Å². The van der Waals surface area contributed by atoms with Crippen LogP contribution in [0.1, 0.15) is 20.8 Å². The fraction of sp³-hybridized carbons (Fsp3) is 0.172. The third kappa shape index (κ3) is 4.97. The number of ether oxygens (including phenoxy) is 1. The Bertz CT molecular complexity index is 1360. The fourth-order valence-electron chi connectivity index (χ4n) is 4.46. The topological polar surface area (TPSA) is 65.4 Å². The van der Waals surface area contributed by atoms with Crippen molar-refractivity contribution >= 4 is 17.2 Å². The minimum absolute atomic E-state index is 0.0460. The highest BCUT2D eigenvalue weighted by Gasteiger charge is 2.30. The molecule has 5 rings (SSSR count). The van der Waals surface area contributed by atoms with Crippen LogP contribution in [0.3, 0.4) is 0 Å². The molecular formula is C29H25N3O2S. The maximum atomic E-state index is 13.9. The van der Waals surface area contributed by atoms with Gasteiger partial charge >= 0.3 is 0 Å². The lowest BCUT2D eigenvalue weighted by Crippen LogP contribution is -2.54. The van der Waals surface area contributed by atoms with Crippen molar-refractivity contribution in [3.05, 3.63) is 106 Å². The summed E-state index contributed by atoms with van der Waals surface area (Å²) in [6, 6.07) is 29.4. The van der Waals surface area contributed by atoms with E-state index >= 15 is 0 Å². The third-order valence-electron chi connectivity index (χ3n) is 6.19. The van der Waals surface area contributed by atoms with Crippen molar-refractivity contribution in [3.8, 4) is 28.7 Å². The molecule has 1 unspecified atom stereocenters. The van der Waals surface area contributed by atoms with Crippen molar-refractivity contribution in [2.24, 2.45) is 0 Å². The summed E-state index contributed by atoms with van der Waals surface area (Å²) in [5, 5.41) is 14.9. The lowest BCUT2D eigenvalue weighted by Gasteiger charge is -2.36. The number of carbonyl (C=O) groups excluding carboxylic acids is 1. The van der Waals surface area contributed by atoms with Gasteiger partial charge in [-0.1, -0.05) is 60.7 Å². The molecule has 0 bridgehead atoms. The van der Waals surface area contributed by atoms with Crippen LogP contribution in [0.25, 0.3) is 11.1 Å². The third-order valence-corrected chi connectivity index (χ3v) is 7.09. The van der Waals surface area contributed by atoms with Crippen molar-refractivity contribution in [1.82, 2.24) is 10.2 Å². The second-order valence-electron chi connectivity index (χ2n) is 8.42. The van der Waals surface area contributed by atoms with Crippen molar-refractivity contribution < 1.29 is 9.53 Å². The number of benzene rings is 3. The number of nitrogens with zero attached hydrogens (tertiary/aromatic N) is 2. The fourth-order valence-corrected chi connectivity index (χ4v) is 5.32. The molecule has 1 N–H and O–H groups in total. The first-order valence-corrected chi connectivity index (χ1v) is 12.5. The molecule has 1 fully saturated rings. The van der Waals surface area contributed by atoms with Gasteiger partial charge in [-0.2, -0.15) is 5.26 Å². The second-order valence-corrected chi connectivity index (χ2v) is 9.33. The van der Waals surface area contributed by atoms with Crippen LogP contribution in [0.15, 0.2) is 90.3 Å². The Kier molecular flexibility index (Phi) is 6.89. The highest BCUT2D eigenvalue weighted by Crippen LogP contribution is 2.38. The molecule has 1 aliphatic heterocycles. The van der Waals surface area contributed by atoms with E-state index in [1.807, 2.05) is 70.9 Å². The molecule has 5 nitrogen and oxygen atoms in total. The molecule has 0 aliphatic carbocycles. The summed E-state index contributed by atoms with van der Waals surface area (Å²) < 4.78 is 6.18. The number of hydrogen-bond acceptors (Lipinski definition) is 5. The number of carbonyl (C=O) groups is 1. The SMILES string of the molecule is N#Cc1ccccc1Oc1ccccc1-c1ccsc1C(=O)N1CCNCC1Cc1ccccc1. The molecule has 174 valence electrons. The molecule has 2 heterocycles. The summed E-state index contributed by atoms with van der Waals surface area (Å²) in [7, 11) is 0. The van der Waals surface area contributed by atoms with Gasteiger partial charge in [-0.3, -0.25) is 4.79 Å². The number of nitrogens with one attached hydrogen (secondary N) is 1. The predicted octanol–water partition coefficient (Wildman–Crippen LogP) is 5.74. The van der Waals surface area contributed by atoms with E-state index in [0.29, 0.717) is 28.5 Å². The summed E-state index contributed by atoms with van der Waals surface area (Å²) >= 11 is 1.46. The van der Waals surface area contributed by atoms with Crippen LogP contribution in [0.4, 0.5) is 0 Å². The van der Waals surface area contributed by atoms with Crippen molar-refractivity contribution in [2.45, 2.75) is 12.5 Å². The molecule has 1 aromatic heterocycles. The van der Waals surface area contributed by atoms with Crippen LogP contribution in [-0.4, -0.2) is 36.5 Å². The Morgan fingerprint density at radius 1 is 0.971 bits per heavy atom. The summed E-state index contributed by atoms with van der Waals surface area (Å²) in [6.07, 6.45) is 0.810. The summed E-state index contributed by atoms with van der Waals surface area (Å²) in [5.74, 6) is 1.16. The van der Waals surface area contributed by atoms with E-state index in [1.54, 1.807) is 12.1 Å². The minimum atomic E-state index is 0.0460. The molecule has 35 heavy (non-hydrogen) atoms. The first-order valence-electron chi connectivity index (χ1n) is 11.6.